The van der Waals surface area contributed by atoms with Crippen molar-refractivity contribution in [2.24, 2.45) is 4.99 Å². The maximum atomic E-state index is 13.6. The zero-order valence-corrected chi connectivity index (χ0v) is 18.1. The third kappa shape index (κ3) is 7.08. The van der Waals surface area contributed by atoms with Crippen LogP contribution in [-0.2, 0) is 28.7 Å². The van der Waals surface area contributed by atoms with Gasteiger partial charge in [-0.1, -0.05) is 6.07 Å². The van der Waals surface area contributed by atoms with Crippen molar-refractivity contribution in [1.29, 1.82) is 0 Å². The maximum Gasteiger partial charge on any atom is 0.191 e. The van der Waals surface area contributed by atoms with E-state index in [1.165, 1.54) is 18.2 Å². The molecule has 10 heteroatoms. The van der Waals surface area contributed by atoms with E-state index in [0.717, 1.165) is 17.1 Å². The van der Waals surface area contributed by atoms with Crippen molar-refractivity contribution in [3.63, 3.8) is 0 Å². The predicted octanol–water partition coefficient (Wildman–Crippen LogP) is 2.15. The molecule has 0 amide bonds. The Labute approximate surface area is 169 Å². The summed E-state index contributed by atoms with van der Waals surface area (Å²) >= 11 is 1.56. The number of rotatable bonds is 8. The van der Waals surface area contributed by atoms with E-state index in [0.29, 0.717) is 30.2 Å². The largest absolute Gasteiger partial charge is 0.357 e. The molecule has 0 fully saturated rings. The predicted molar refractivity (Wildman–Crippen MR) is 113 cm³/mol. The molecule has 154 valence electrons. The molecule has 0 bridgehead atoms. The van der Waals surface area contributed by atoms with Crippen LogP contribution in [0.2, 0.25) is 0 Å². The second-order valence-electron chi connectivity index (χ2n) is 6.55. The first-order chi connectivity index (χ1) is 13.2. The molecule has 2 N–H and O–H groups in total. The van der Waals surface area contributed by atoms with E-state index < -0.39 is 15.7 Å². The monoisotopic (exact) mass is 427 g/mol. The van der Waals surface area contributed by atoms with Gasteiger partial charge in [0, 0.05) is 32.3 Å². The van der Waals surface area contributed by atoms with Crippen LogP contribution in [-0.4, -0.2) is 46.3 Å². The average molecular weight is 428 g/mol. The van der Waals surface area contributed by atoms with E-state index in [1.54, 1.807) is 11.3 Å². The van der Waals surface area contributed by atoms with Crippen molar-refractivity contribution in [2.75, 3.05) is 31.8 Å². The van der Waals surface area contributed by atoms with Crippen LogP contribution >= 0.6 is 11.3 Å². The third-order valence-corrected chi connectivity index (χ3v) is 5.59. The van der Waals surface area contributed by atoms with Crippen molar-refractivity contribution in [3.05, 3.63) is 46.2 Å². The molecular formula is C18H26FN5O2S2. The smallest absolute Gasteiger partial charge is 0.191 e. The molecule has 0 spiro atoms. The normalized spacial score (nSPS) is 12.1. The highest BCUT2D eigenvalue weighted by molar-refractivity contribution is 7.89. The number of halogens is 1. The summed E-state index contributed by atoms with van der Waals surface area (Å²) in [4.78, 5) is 10.9. The Kier molecular flexibility index (Phi) is 7.76. The van der Waals surface area contributed by atoms with Gasteiger partial charge in [0.25, 0.3) is 0 Å². The number of thiazole rings is 1. The topological polar surface area (TPSA) is 86.7 Å². The molecule has 0 unspecified atom stereocenters. The van der Waals surface area contributed by atoms with E-state index in [-0.39, 0.29) is 12.3 Å². The summed E-state index contributed by atoms with van der Waals surface area (Å²) in [5, 5.41) is 9.22. The molecule has 0 saturated carbocycles. The standard InChI is InChI=1S/C18H26FN5O2S2/c1-5-20-17(22-10-16-11-27-18(23-16)24(2)3)21-9-14-8-15(19)7-6-13(14)12-28(4,25)26/h6-8,11H,5,9-10,12H2,1-4H3,(H2,20,21,22). The second-order valence-corrected chi connectivity index (χ2v) is 9.52. The number of anilines is 1. The van der Waals surface area contributed by atoms with Gasteiger partial charge in [-0.05, 0) is 30.2 Å². The minimum atomic E-state index is -3.23. The quantitative estimate of drug-likeness (QED) is 0.496. The van der Waals surface area contributed by atoms with E-state index in [2.05, 4.69) is 20.6 Å². The maximum absolute atomic E-state index is 13.6. The number of aliphatic imine (C=N–C) groups is 1. The zero-order chi connectivity index (χ0) is 20.7. The van der Waals surface area contributed by atoms with Gasteiger partial charge in [0.15, 0.2) is 20.9 Å². The summed E-state index contributed by atoms with van der Waals surface area (Å²) in [5.74, 6) is -0.00982. The summed E-state index contributed by atoms with van der Waals surface area (Å²) in [5.41, 5.74) is 1.99. The number of nitrogens with one attached hydrogen (secondary N) is 2. The number of guanidine groups is 1. The minimum absolute atomic E-state index is 0.145. The average Bonchev–Trinajstić information content (AvgIpc) is 3.07. The van der Waals surface area contributed by atoms with Gasteiger partial charge in [-0.25, -0.2) is 22.8 Å². The van der Waals surface area contributed by atoms with Crippen LogP contribution in [0.5, 0.6) is 0 Å². The molecule has 0 aliphatic heterocycles. The molecule has 1 aromatic heterocycles. The summed E-state index contributed by atoms with van der Waals surface area (Å²) in [6.07, 6.45) is 1.16. The Morgan fingerprint density at radius 3 is 2.64 bits per heavy atom. The Hall–Kier alpha value is -2.20. The molecular weight excluding hydrogens is 401 g/mol. The highest BCUT2D eigenvalue weighted by Gasteiger charge is 2.11. The molecule has 1 aromatic carbocycles. The summed E-state index contributed by atoms with van der Waals surface area (Å²) in [6.45, 7) is 3.26. The molecule has 7 nitrogen and oxygen atoms in total. The summed E-state index contributed by atoms with van der Waals surface area (Å²) < 4.78 is 36.9. The lowest BCUT2D eigenvalue weighted by Crippen LogP contribution is -2.36. The van der Waals surface area contributed by atoms with Crippen LogP contribution in [0, 0.1) is 5.82 Å². The first-order valence-corrected chi connectivity index (χ1v) is 11.7. The Morgan fingerprint density at radius 1 is 1.29 bits per heavy atom. The van der Waals surface area contributed by atoms with Crippen molar-refractivity contribution in [3.8, 4) is 0 Å². The van der Waals surface area contributed by atoms with Gasteiger partial charge in [-0.2, -0.15) is 0 Å². The van der Waals surface area contributed by atoms with Crippen LogP contribution in [0.25, 0.3) is 0 Å². The summed E-state index contributed by atoms with van der Waals surface area (Å²) in [6, 6.07) is 4.10. The Bertz CT molecular complexity index is 926. The van der Waals surface area contributed by atoms with Crippen LogP contribution in [0.15, 0.2) is 28.6 Å². The first kappa shape index (κ1) is 22.1. The van der Waals surface area contributed by atoms with Gasteiger partial charge < -0.3 is 15.5 Å². The fourth-order valence-corrected chi connectivity index (χ4v) is 4.03. The van der Waals surface area contributed by atoms with E-state index in [4.69, 9.17) is 0 Å². The molecule has 0 atom stereocenters. The van der Waals surface area contributed by atoms with E-state index >= 15 is 0 Å². The van der Waals surface area contributed by atoms with E-state index in [1.807, 2.05) is 31.3 Å². The van der Waals surface area contributed by atoms with Crippen molar-refractivity contribution in [2.45, 2.75) is 25.8 Å². The van der Waals surface area contributed by atoms with Crippen LogP contribution < -0.4 is 15.5 Å². The van der Waals surface area contributed by atoms with E-state index in [9.17, 15) is 12.8 Å². The third-order valence-electron chi connectivity index (χ3n) is 3.70. The van der Waals surface area contributed by atoms with Crippen LogP contribution in [0.1, 0.15) is 23.7 Å². The number of nitrogens with zero attached hydrogens (tertiary/aromatic N) is 3. The Balaban J connectivity index is 2.12. The second kappa shape index (κ2) is 9.83. The fraction of sp³-hybridized carbons (Fsp3) is 0.444. The van der Waals surface area contributed by atoms with Crippen molar-refractivity contribution in [1.82, 2.24) is 15.6 Å². The van der Waals surface area contributed by atoms with Crippen LogP contribution in [0.4, 0.5) is 9.52 Å². The number of hydrogen-bond acceptors (Lipinski definition) is 6. The number of hydrogen-bond donors (Lipinski definition) is 2. The highest BCUT2D eigenvalue weighted by Crippen LogP contribution is 2.18. The molecule has 1 heterocycles. The van der Waals surface area contributed by atoms with Crippen molar-refractivity contribution >= 4 is 32.3 Å². The first-order valence-electron chi connectivity index (χ1n) is 8.77. The zero-order valence-electron chi connectivity index (χ0n) is 16.5. The number of benzene rings is 1. The lowest BCUT2D eigenvalue weighted by atomic mass is 10.1. The van der Waals surface area contributed by atoms with Gasteiger partial charge in [-0.3, -0.25) is 0 Å². The number of sulfone groups is 1. The molecule has 2 aromatic rings. The SMILES string of the molecule is CCNC(=NCc1cc(F)ccc1CS(C)(=O)=O)NCc1csc(N(C)C)n1. The highest BCUT2D eigenvalue weighted by atomic mass is 32.2. The van der Waals surface area contributed by atoms with Gasteiger partial charge in [0.2, 0.25) is 0 Å². The van der Waals surface area contributed by atoms with Gasteiger partial charge >= 0.3 is 0 Å². The number of aromatic nitrogens is 1. The van der Waals surface area contributed by atoms with Crippen molar-refractivity contribution < 1.29 is 12.8 Å². The Morgan fingerprint density at radius 2 is 2.04 bits per heavy atom. The molecule has 0 radical (unpaired) electrons. The van der Waals surface area contributed by atoms with Crippen LogP contribution in [0.3, 0.4) is 0 Å². The van der Waals surface area contributed by atoms with Gasteiger partial charge in [-0.15, -0.1) is 11.3 Å². The molecule has 28 heavy (non-hydrogen) atoms. The lowest BCUT2D eigenvalue weighted by molar-refractivity contribution is 0.600. The fourth-order valence-electron chi connectivity index (χ4n) is 2.43. The lowest BCUT2D eigenvalue weighted by Gasteiger charge is -2.12. The molecule has 2 rings (SSSR count). The molecule has 0 saturated heterocycles. The van der Waals surface area contributed by atoms with Gasteiger partial charge in [0.05, 0.1) is 24.5 Å². The van der Waals surface area contributed by atoms with Gasteiger partial charge in [0.1, 0.15) is 5.82 Å². The minimum Gasteiger partial charge on any atom is -0.357 e. The summed E-state index contributed by atoms with van der Waals surface area (Å²) in [7, 11) is 0.653. The molecule has 0 aliphatic carbocycles. The molecule has 0 aliphatic rings.